The first-order valence-electron chi connectivity index (χ1n) is 3.00. The Morgan fingerprint density at radius 1 is 1.78 bits per heavy atom. The van der Waals surface area contributed by atoms with Crippen LogP contribution in [0.5, 0.6) is 0 Å². The molecule has 1 N–H and O–H groups in total. The molecule has 0 unspecified atom stereocenters. The monoisotopic (exact) mass is 142 g/mol. The Morgan fingerprint density at radius 3 is 2.67 bits per heavy atom. The first-order chi connectivity index (χ1) is 4.24. The zero-order chi connectivity index (χ0) is 6.85. The van der Waals surface area contributed by atoms with Gasteiger partial charge in [0.25, 0.3) is 0 Å². The first-order valence-corrected chi connectivity index (χ1v) is 3.41. The minimum atomic E-state index is 0.815. The van der Waals surface area contributed by atoms with Gasteiger partial charge in [-0.3, -0.25) is 0 Å². The highest BCUT2D eigenvalue weighted by atomic mass is 32.1. The Labute approximate surface area is 59.5 Å². The number of aryl methyl sites for hydroxylation is 2. The standard InChI is InChI=1S/C6H10N2S/c1-3-8-4-5(2)7-6(8)9/h4H,3H2,1-2H3,(H,7,9). The summed E-state index contributed by atoms with van der Waals surface area (Å²) in [6, 6.07) is 0. The van der Waals surface area contributed by atoms with Gasteiger partial charge in [-0.25, -0.2) is 0 Å². The largest absolute Gasteiger partial charge is 0.335 e. The molecule has 0 aliphatic carbocycles. The van der Waals surface area contributed by atoms with E-state index in [-0.39, 0.29) is 0 Å². The van der Waals surface area contributed by atoms with Gasteiger partial charge >= 0.3 is 0 Å². The molecule has 0 radical (unpaired) electrons. The number of H-pyrrole nitrogens is 1. The van der Waals surface area contributed by atoms with Crippen LogP contribution in [0.15, 0.2) is 6.20 Å². The molecule has 50 valence electrons. The van der Waals surface area contributed by atoms with Crippen molar-refractivity contribution in [2.24, 2.45) is 0 Å². The second-order valence-corrected chi connectivity index (χ2v) is 2.41. The van der Waals surface area contributed by atoms with Crippen LogP contribution in [0.3, 0.4) is 0 Å². The van der Waals surface area contributed by atoms with E-state index in [0.29, 0.717) is 0 Å². The Morgan fingerprint density at radius 2 is 2.44 bits per heavy atom. The van der Waals surface area contributed by atoms with Crippen molar-refractivity contribution in [2.75, 3.05) is 0 Å². The fraction of sp³-hybridized carbons (Fsp3) is 0.500. The van der Waals surface area contributed by atoms with Gasteiger partial charge in [-0.05, 0) is 26.1 Å². The minimum absolute atomic E-state index is 0.815. The van der Waals surface area contributed by atoms with Gasteiger partial charge < -0.3 is 9.55 Å². The molecule has 0 aliphatic rings. The second-order valence-electron chi connectivity index (χ2n) is 2.03. The fourth-order valence-electron chi connectivity index (χ4n) is 0.800. The SMILES string of the molecule is CCn1cc(C)[nH]c1=S. The molecule has 2 nitrogen and oxygen atoms in total. The summed E-state index contributed by atoms with van der Waals surface area (Å²) in [5.74, 6) is 0. The summed E-state index contributed by atoms with van der Waals surface area (Å²) in [7, 11) is 0. The van der Waals surface area contributed by atoms with E-state index >= 15 is 0 Å². The smallest absolute Gasteiger partial charge is 0.177 e. The summed E-state index contributed by atoms with van der Waals surface area (Å²) >= 11 is 4.98. The second kappa shape index (κ2) is 2.35. The predicted octanol–water partition coefficient (Wildman–Crippen LogP) is 1.87. The van der Waals surface area contributed by atoms with Crippen LogP contribution in [0, 0.1) is 11.7 Å². The van der Waals surface area contributed by atoms with Gasteiger partial charge in [0.1, 0.15) is 0 Å². The number of hydrogen-bond donors (Lipinski definition) is 1. The molecular formula is C6H10N2S. The molecule has 3 heteroatoms. The maximum absolute atomic E-state index is 4.98. The maximum Gasteiger partial charge on any atom is 0.177 e. The summed E-state index contributed by atoms with van der Waals surface area (Å²) in [5, 5.41) is 0. The number of rotatable bonds is 1. The highest BCUT2D eigenvalue weighted by Crippen LogP contribution is 1.95. The van der Waals surface area contributed by atoms with Crippen molar-refractivity contribution in [3.8, 4) is 0 Å². The third-order valence-corrected chi connectivity index (χ3v) is 1.59. The lowest BCUT2D eigenvalue weighted by atomic mass is 10.6. The van der Waals surface area contributed by atoms with E-state index in [4.69, 9.17) is 12.2 Å². The number of hydrogen-bond acceptors (Lipinski definition) is 1. The molecule has 0 amide bonds. The molecule has 0 fully saturated rings. The maximum atomic E-state index is 4.98. The van der Waals surface area contributed by atoms with Crippen LogP contribution in [-0.2, 0) is 6.54 Å². The Bertz CT molecular complexity index is 246. The van der Waals surface area contributed by atoms with Crippen molar-refractivity contribution in [1.82, 2.24) is 9.55 Å². The number of aromatic nitrogens is 2. The number of imidazole rings is 1. The molecule has 0 saturated carbocycles. The van der Waals surface area contributed by atoms with Crippen molar-refractivity contribution in [2.45, 2.75) is 20.4 Å². The number of nitrogens with one attached hydrogen (secondary N) is 1. The van der Waals surface area contributed by atoms with Crippen molar-refractivity contribution in [3.63, 3.8) is 0 Å². The molecule has 0 aromatic carbocycles. The molecule has 0 bridgehead atoms. The summed E-state index contributed by atoms with van der Waals surface area (Å²) in [6.45, 7) is 5.02. The van der Waals surface area contributed by atoms with Crippen molar-refractivity contribution in [1.29, 1.82) is 0 Å². The van der Waals surface area contributed by atoms with E-state index in [1.165, 1.54) is 0 Å². The van der Waals surface area contributed by atoms with Crippen molar-refractivity contribution < 1.29 is 0 Å². The average Bonchev–Trinajstić information content (AvgIpc) is 2.10. The highest BCUT2D eigenvalue weighted by molar-refractivity contribution is 7.71. The van der Waals surface area contributed by atoms with Crippen LogP contribution in [-0.4, -0.2) is 9.55 Å². The lowest BCUT2D eigenvalue weighted by molar-refractivity contribution is 0.749. The van der Waals surface area contributed by atoms with E-state index < -0.39 is 0 Å². The molecule has 0 aliphatic heterocycles. The van der Waals surface area contributed by atoms with E-state index in [2.05, 4.69) is 11.9 Å². The fourth-order valence-corrected chi connectivity index (χ4v) is 1.14. The van der Waals surface area contributed by atoms with Crippen LogP contribution in [0.1, 0.15) is 12.6 Å². The molecule has 9 heavy (non-hydrogen) atoms. The van der Waals surface area contributed by atoms with Crippen LogP contribution >= 0.6 is 12.2 Å². The zero-order valence-corrected chi connectivity index (χ0v) is 6.46. The normalized spacial score (nSPS) is 10.0. The Hall–Kier alpha value is -0.570. The van der Waals surface area contributed by atoms with E-state index in [9.17, 15) is 0 Å². The lowest BCUT2D eigenvalue weighted by Gasteiger charge is -1.90. The van der Waals surface area contributed by atoms with Gasteiger partial charge in [0, 0.05) is 18.4 Å². The van der Waals surface area contributed by atoms with Crippen molar-refractivity contribution in [3.05, 3.63) is 16.7 Å². The third-order valence-electron chi connectivity index (χ3n) is 1.26. The van der Waals surface area contributed by atoms with Gasteiger partial charge in [-0.2, -0.15) is 0 Å². The summed E-state index contributed by atoms with van der Waals surface area (Å²) in [5.41, 5.74) is 1.13. The molecule has 1 aromatic rings. The highest BCUT2D eigenvalue weighted by Gasteiger charge is 1.89. The molecule has 1 rings (SSSR count). The minimum Gasteiger partial charge on any atom is -0.335 e. The number of aromatic amines is 1. The lowest BCUT2D eigenvalue weighted by Crippen LogP contribution is -1.89. The third kappa shape index (κ3) is 1.21. The topological polar surface area (TPSA) is 20.7 Å². The summed E-state index contributed by atoms with van der Waals surface area (Å²) < 4.78 is 2.82. The van der Waals surface area contributed by atoms with Gasteiger partial charge in [-0.15, -0.1) is 0 Å². The van der Waals surface area contributed by atoms with E-state index in [1.807, 2.05) is 17.7 Å². The predicted molar refractivity (Wildman–Crippen MR) is 40.0 cm³/mol. The Kier molecular flexibility index (Phi) is 1.71. The van der Waals surface area contributed by atoms with E-state index in [1.54, 1.807) is 0 Å². The van der Waals surface area contributed by atoms with E-state index in [0.717, 1.165) is 17.0 Å². The molecule has 0 saturated heterocycles. The summed E-state index contributed by atoms with van der Waals surface area (Å²) in [6.07, 6.45) is 2.02. The van der Waals surface area contributed by atoms with Crippen LogP contribution < -0.4 is 0 Å². The van der Waals surface area contributed by atoms with Gasteiger partial charge in [0.05, 0.1) is 0 Å². The zero-order valence-electron chi connectivity index (χ0n) is 5.64. The Balaban J connectivity index is 3.16. The summed E-state index contributed by atoms with van der Waals surface area (Å²) in [4.78, 5) is 3.04. The molecule has 1 aromatic heterocycles. The van der Waals surface area contributed by atoms with Crippen LogP contribution in [0.25, 0.3) is 0 Å². The van der Waals surface area contributed by atoms with Crippen molar-refractivity contribution >= 4 is 12.2 Å². The first kappa shape index (κ1) is 6.55. The van der Waals surface area contributed by atoms with Crippen LogP contribution in [0.2, 0.25) is 0 Å². The molecule has 0 spiro atoms. The van der Waals surface area contributed by atoms with Crippen LogP contribution in [0.4, 0.5) is 0 Å². The molecular weight excluding hydrogens is 132 g/mol. The molecule has 0 atom stereocenters. The average molecular weight is 142 g/mol. The van der Waals surface area contributed by atoms with Gasteiger partial charge in [0.15, 0.2) is 4.77 Å². The quantitative estimate of drug-likeness (QED) is 0.594. The van der Waals surface area contributed by atoms with Gasteiger partial charge in [-0.1, -0.05) is 0 Å². The van der Waals surface area contributed by atoms with Gasteiger partial charge in [0.2, 0.25) is 0 Å². The molecule has 1 heterocycles. The number of nitrogens with zero attached hydrogens (tertiary/aromatic N) is 1.